The highest BCUT2D eigenvalue weighted by Crippen LogP contribution is 2.29. The van der Waals surface area contributed by atoms with E-state index in [2.05, 4.69) is 5.32 Å². The fourth-order valence-electron chi connectivity index (χ4n) is 2.47. The van der Waals surface area contributed by atoms with Crippen molar-refractivity contribution >= 4 is 15.7 Å². The van der Waals surface area contributed by atoms with E-state index in [1.54, 1.807) is 19.2 Å². The van der Waals surface area contributed by atoms with Crippen LogP contribution in [-0.4, -0.2) is 46.1 Å². The summed E-state index contributed by atoms with van der Waals surface area (Å²) in [6, 6.07) is 5.31. The summed E-state index contributed by atoms with van der Waals surface area (Å²) in [5.74, 6) is 0.705. The van der Waals surface area contributed by atoms with Crippen molar-refractivity contribution in [3.05, 3.63) is 23.8 Å². The number of hydrogen-bond acceptors (Lipinski definition) is 4. The number of benzene rings is 1. The molecule has 6 heteroatoms. The Morgan fingerprint density at radius 2 is 2.19 bits per heavy atom. The van der Waals surface area contributed by atoms with Gasteiger partial charge in [-0.1, -0.05) is 0 Å². The van der Waals surface area contributed by atoms with Gasteiger partial charge in [0.1, 0.15) is 0 Å². The van der Waals surface area contributed by atoms with Crippen LogP contribution in [0.4, 0.5) is 5.69 Å². The molecule has 0 unspecified atom stereocenters. The van der Waals surface area contributed by atoms with E-state index in [0.717, 1.165) is 30.8 Å². The van der Waals surface area contributed by atoms with Crippen molar-refractivity contribution in [3.63, 3.8) is 0 Å². The zero-order valence-corrected chi connectivity index (χ0v) is 13.2. The summed E-state index contributed by atoms with van der Waals surface area (Å²) < 4.78 is 31.9. The Kier molecular flexibility index (Phi) is 4.19. The van der Waals surface area contributed by atoms with Crippen LogP contribution in [0.25, 0.3) is 0 Å². The van der Waals surface area contributed by atoms with Crippen LogP contribution in [0.15, 0.2) is 23.1 Å². The van der Waals surface area contributed by atoms with Crippen LogP contribution >= 0.6 is 0 Å². The smallest absolute Gasteiger partial charge is 0.242 e. The molecule has 0 amide bonds. The third-order valence-electron chi connectivity index (χ3n) is 4.10. The maximum Gasteiger partial charge on any atom is 0.242 e. The zero-order chi connectivity index (χ0) is 14.9. The van der Waals surface area contributed by atoms with Gasteiger partial charge in [0.05, 0.1) is 11.5 Å². The highest BCUT2D eigenvalue weighted by atomic mass is 32.2. The van der Waals surface area contributed by atoms with E-state index >= 15 is 0 Å². The maximum atomic E-state index is 12.5. The Morgan fingerprint density at radius 3 is 2.95 bits per heavy atom. The fraction of sp³-hybridized carbons (Fsp3) is 0.600. The van der Waals surface area contributed by atoms with E-state index in [0.29, 0.717) is 24.0 Å². The second kappa shape index (κ2) is 5.94. The number of nitrogens with one attached hydrogen (secondary N) is 1. The average Bonchev–Trinajstić information content (AvgIpc) is 3.17. The lowest BCUT2D eigenvalue weighted by molar-refractivity contribution is 0.117. The maximum absolute atomic E-state index is 12.5. The van der Waals surface area contributed by atoms with Gasteiger partial charge in [0.25, 0.3) is 0 Å². The molecule has 0 spiro atoms. The van der Waals surface area contributed by atoms with Gasteiger partial charge < -0.3 is 10.1 Å². The van der Waals surface area contributed by atoms with Crippen LogP contribution in [0.1, 0.15) is 18.4 Å². The molecule has 0 radical (unpaired) electrons. The highest BCUT2D eigenvalue weighted by Gasteiger charge is 2.24. The van der Waals surface area contributed by atoms with Crippen molar-refractivity contribution in [2.75, 3.05) is 38.7 Å². The highest BCUT2D eigenvalue weighted by molar-refractivity contribution is 7.89. The molecule has 3 rings (SSSR count). The van der Waals surface area contributed by atoms with E-state index < -0.39 is 10.0 Å². The molecule has 0 atom stereocenters. The van der Waals surface area contributed by atoms with Gasteiger partial charge in [0.15, 0.2) is 0 Å². The topological polar surface area (TPSA) is 58.6 Å². The number of hydrogen-bond donors (Lipinski definition) is 1. The first-order valence-corrected chi connectivity index (χ1v) is 8.92. The molecule has 21 heavy (non-hydrogen) atoms. The predicted octanol–water partition coefficient (Wildman–Crippen LogP) is 1.70. The van der Waals surface area contributed by atoms with Crippen LogP contribution in [0.5, 0.6) is 0 Å². The first-order chi connectivity index (χ1) is 10.1. The van der Waals surface area contributed by atoms with Crippen LogP contribution in [0.3, 0.4) is 0 Å². The summed E-state index contributed by atoms with van der Waals surface area (Å²) in [5.41, 5.74) is 2.12. The molecular weight excluding hydrogens is 288 g/mol. The summed E-state index contributed by atoms with van der Waals surface area (Å²) in [6.45, 7) is 2.49. The third-order valence-corrected chi connectivity index (χ3v) is 5.95. The zero-order valence-electron chi connectivity index (χ0n) is 12.3. The Hall–Kier alpha value is -1.11. The van der Waals surface area contributed by atoms with E-state index in [1.807, 2.05) is 6.07 Å². The number of sulfonamides is 1. The number of likely N-dealkylation sites (N-methyl/N-ethyl adjacent to an activating group) is 1. The number of rotatable bonds is 7. The number of anilines is 1. The molecule has 0 aromatic heterocycles. The molecule has 1 saturated carbocycles. The average molecular weight is 310 g/mol. The summed E-state index contributed by atoms with van der Waals surface area (Å²) in [6.07, 6.45) is 3.38. The summed E-state index contributed by atoms with van der Waals surface area (Å²) in [7, 11) is -1.81. The predicted molar refractivity (Wildman–Crippen MR) is 82.0 cm³/mol. The van der Waals surface area contributed by atoms with Gasteiger partial charge in [-0.25, -0.2) is 8.42 Å². The molecule has 1 heterocycles. The van der Waals surface area contributed by atoms with E-state index in [-0.39, 0.29) is 0 Å². The molecule has 1 aromatic rings. The van der Waals surface area contributed by atoms with Gasteiger partial charge in [-0.15, -0.1) is 0 Å². The van der Waals surface area contributed by atoms with Gasteiger partial charge >= 0.3 is 0 Å². The van der Waals surface area contributed by atoms with Crippen LogP contribution < -0.4 is 5.32 Å². The van der Waals surface area contributed by atoms with Crippen LogP contribution in [0, 0.1) is 5.92 Å². The Morgan fingerprint density at radius 1 is 1.38 bits per heavy atom. The molecule has 5 nitrogen and oxygen atoms in total. The van der Waals surface area contributed by atoms with Crippen LogP contribution in [-0.2, 0) is 21.2 Å². The van der Waals surface area contributed by atoms with E-state index in [4.69, 9.17) is 4.74 Å². The van der Waals surface area contributed by atoms with Gasteiger partial charge in [-0.2, -0.15) is 4.31 Å². The quantitative estimate of drug-likeness (QED) is 0.779. The lowest BCUT2D eigenvalue weighted by Gasteiger charge is -2.17. The van der Waals surface area contributed by atoms with Crippen molar-refractivity contribution in [1.29, 1.82) is 0 Å². The molecule has 2 aliphatic rings. The van der Waals surface area contributed by atoms with E-state index in [9.17, 15) is 8.42 Å². The second-order valence-corrected chi connectivity index (χ2v) is 7.89. The number of ether oxygens (including phenoxy) is 1. The monoisotopic (exact) mass is 310 g/mol. The summed E-state index contributed by atoms with van der Waals surface area (Å²) in [4.78, 5) is 0.370. The Balaban J connectivity index is 1.61. The minimum atomic E-state index is -3.42. The van der Waals surface area contributed by atoms with Gasteiger partial charge in [-0.05, 0) is 48.9 Å². The van der Waals surface area contributed by atoms with Gasteiger partial charge in [-0.3, -0.25) is 0 Å². The molecule has 1 aliphatic heterocycles. The second-order valence-electron chi connectivity index (χ2n) is 5.84. The molecule has 0 bridgehead atoms. The van der Waals surface area contributed by atoms with Crippen molar-refractivity contribution in [2.45, 2.75) is 24.2 Å². The number of fused-ring (bicyclic) bond motifs is 1. The molecule has 1 aromatic carbocycles. The normalized spacial score (nSPS) is 17.8. The lowest BCUT2D eigenvalue weighted by Crippen LogP contribution is -2.30. The summed E-state index contributed by atoms with van der Waals surface area (Å²) >= 11 is 0. The molecule has 116 valence electrons. The molecule has 0 saturated heterocycles. The standard InChI is InChI=1S/C15H22N2O3S/c1-17(8-9-20-11-12-2-3-12)21(18,19)14-4-5-15-13(10-14)6-7-16-15/h4-5,10,12,16H,2-3,6-9,11H2,1H3. The summed E-state index contributed by atoms with van der Waals surface area (Å²) in [5, 5.41) is 3.24. The van der Waals surface area contributed by atoms with Crippen molar-refractivity contribution in [2.24, 2.45) is 5.92 Å². The molecular formula is C15H22N2O3S. The SMILES string of the molecule is CN(CCOCC1CC1)S(=O)(=O)c1ccc2c(c1)CCN2. The molecule has 1 fully saturated rings. The third kappa shape index (κ3) is 3.39. The fourth-order valence-corrected chi connectivity index (χ4v) is 3.68. The minimum Gasteiger partial charge on any atom is -0.384 e. The molecule has 1 N–H and O–H groups in total. The van der Waals surface area contributed by atoms with Crippen molar-refractivity contribution in [3.8, 4) is 0 Å². The number of nitrogens with zero attached hydrogens (tertiary/aromatic N) is 1. The van der Waals surface area contributed by atoms with Gasteiger partial charge in [0.2, 0.25) is 10.0 Å². The van der Waals surface area contributed by atoms with Crippen LogP contribution in [0.2, 0.25) is 0 Å². The van der Waals surface area contributed by atoms with E-state index in [1.165, 1.54) is 17.1 Å². The minimum absolute atomic E-state index is 0.370. The Labute approximate surface area is 126 Å². The first kappa shape index (κ1) is 14.8. The molecule has 1 aliphatic carbocycles. The Bertz CT molecular complexity index is 611. The van der Waals surface area contributed by atoms with Crippen molar-refractivity contribution < 1.29 is 13.2 Å². The largest absolute Gasteiger partial charge is 0.384 e. The van der Waals surface area contributed by atoms with Crippen molar-refractivity contribution in [1.82, 2.24) is 4.31 Å². The lowest BCUT2D eigenvalue weighted by atomic mass is 10.2. The first-order valence-electron chi connectivity index (χ1n) is 7.48. The van der Waals surface area contributed by atoms with Gasteiger partial charge in [0, 0.05) is 32.4 Å².